The molecule has 0 atom stereocenters. The summed E-state index contributed by atoms with van der Waals surface area (Å²) < 4.78 is 0. The van der Waals surface area contributed by atoms with E-state index in [0.717, 1.165) is 0 Å². The minimum absolute atomic E-state index is 0.167. The van der Waals surface area contributed by atoms with Gasteiger partial charge >= 0.3 is 0 Å². The second-order valence-electron chi connectivity index (χ2n) is 2.19. The molecule has 5 N–H and O–H groups in total. The molecule has 10 heavy (non-hydrogen) atoms. The summed E-state index contributed by atoms with van der Waals surface area (Å²) >= 11 is 0. The zero-order chi connectivity index (χ0) is 9.15. The summed E-state index contributed by atoms with van der Waals surface area (Å²) in [7, 11) is 0. The van der Waals surface area contributed by atoms with Crippen LogP contribution < -0.4 is 5.90 Å². The molecular weight excluding hydrogens is 134 g/mol. The third kappa shape index (κ3) is 14300. The van der Waals surface area contributed by atoms with Crippen LogP contribution in [0.1, 0.15) is 27.7 Å². The first-order valence-electron chi connectivity index (χ1n) is 3.08. The predicted octanol–water partition coefficient (Wildman–Crippen LogP) is 0.108. The molecule has 0 saturated heterocycles. The van der Waals surface area contributed by atoms with Gasteiger partial charge in [0.2, 0.25) is 0 Å². The molecule has 0 fully saturated rings. The summed E-state index contributed by atoms with van der Waals surface area (Å²) in [5.74, 6) is 3.50. The molecule has 0 saturated carbocycles. The highest BCUT2D eigenvalue weighted by atomic mass is 16.4. The smallest absolute Gasteiger partial charge is 0.0483 e. The van der Waals surface area contributed by atoms with Gasteiger partial charge in [-0.15, -0.1) is 0 Å². The first-order chi connectivity index (χ1) is 4.46. The third-order valence-corrected chi connectivity index (χ3v) is 0. The number of aliphatic hydroxyl groups excluding tert-OH is 2. The summed E-state index contributed by atoms with van der Waals surface area (Å²) in [6.07, 6.45) is -0.333. The summed E-state index contributed by atoms with van der Waals surface area (Å²) in [6.45, 7) is 6.89. The van der Waals surface area contributed by atoms with E-state index in [1.807, 2.05) is 0 Å². The Morgan fingerprint density at radius 3 is 0.800 bits per heavy atom. The zero-order valence-corrected chi connectivity index (χ0v) is 7.07. The Morgan fingerprint density at radius 2 is 0.800 bits per heavy atom. The Hall–Kier alpha value is -0.160. The second-order valence-corrected chi connectivity index (χ2v) is 2.19. The van der Waals surface area contributed by atoms with Crippen molar-refractivity contribution in [1.29, 1.82) is 0 Å². The molecule has 0 aliphatic carbocycles. The van der Waals surface area contributed by atoms with Crippen LogP contribution in [0.25, 0.3) is 0 Å². The molecule has 0 aromatic heterocycles. The van der Waals surface area contributed by atoms with Gasteiger partial charge in [0.05, 0.1) is 0 Å². The van der Waals surface area contributed by atoms with Gasteiger partial charge < -0.3 is 15.4 Å². The molecule has 0 radical (unpaired) electrons. The maximum Gasteiger partial charge on any atom is 0.0483 e. The van der Waals surface area contributed by atoms with Gasteiger partial charge in [-0.1, -0.05) is 0 Å². The molecule has 4 heteroatoms. The van der Waals surface area contributed by atoms with Crippen LogP contribution in [0.15, 0.2) is 0 Å². The normalized spacial score (nSPS) is 7.80. The van der Waals surface area contributed by atoms with Crippen LogP contribution in [0.3, 0.4) is 0 Å². The number of hydrogen-bond donors (Lipinski definition) is 4. The standard InChI is InChI=1S/2C3H8O.H3NO/c2*1-3(2)4;1-2/h2*3-4H,1-2H3;2H,1H2. The van der Waals surface area contributed by atoms with Crippen molar-refractivity contribution in [3.8, 4) is 0 Å². The van der Waals surface area contributed by atoms with E-state index in [1.165, 1.54) is 0 Å². The van der Waals surface area contributed by atoms with Gasteiger partial charge in [-0.05, 0) is 27.7 Å². The number of rotatable bonds is 0. The van der Waals surface area contributed by atoms with Crippen molar-refractivity contribution in [3.05, 3.63) is 0 Å². The monoisotopic (exact) mass is 153 g/mol. The first kappa shape index (κ1) is 16.4. The first-order valence-corrected chi connectivity index (χ1v) is 3.08. The summed E-state index contributed by atoms with van der Waals surface area (Å²) in [5, 5.41) is 22.6. The molecule has 0 aliphatic heterocycles. The molecular formula is C6H19NO3. The van der Waals surface area contributed by atoms with Gasteiger partial charge in [-0.2, -0.15) is 0 Å². The third-order valence-electron chi connectivity index (χ3n) is 0. The van der Waals surface area contributed by atoms with Crippen LogP contribution in [0.2, 0.25) is 0 Å². The van der Waals surface area contributed by atoms with Crippen molar-refractivity contribution in [3.63, 3.8) is 0 Å². The van der Waals surface area contributed by atoms with E-state index in [0.29, 0.717) is 0 Å². The zero-order valence-electron chi connectivity index (χ0n) is 7.07. The predicted molar refractivity (Wildman–Crippen MR) is 40.7 cm³/mol. The largest absolute Gasteiger partial charge is 0.394 e. The molecule has 0 aromatic rings. The highest BCUT2D eigenvalue weighted by Crippen LogP contribution is 1.65. The maximum atomic E-state index is 8.06. The average Bonchev–Trinajstić information content (AvgIpc) is 1.66. The molecule has 66 valence electrons. The highest BCUT2D eigenvalue weighted by Gasteiger charge is 1.69. The number of aliphatic hydroxyl groups is 2. The van der Waals surface area contributed by atoms with Crippen molar-refractivity contribution in [2.45, 2.75) is 39.9 Å². The van der Waals surface area contributed by atoms with E-state index >= 15 is 0 Å². The Labute approximate surface area is 62.3 Å². The van der Waals surface area contributed by atoms with Crippen LogP contribution in [0, 0.1) is 0 Å². The molecule has 4 nitrogen and oxygen atoms in total. The van der Waals surface area contributed by atoms with Gasteiger partial charge in [-0.3, -0.25) is 0 Å². The molecule has 0 spiro atoms. The Balaban J connectivity index is -0.0000000787. The van der Waals surface area contributed by atoms with Gasteiger partial charge in [0, 0.05) is 12.2 Å². The van der Waals surface area contributed by atoms with E-state index in [1.54, 1.807) is 27.7 Å². The lowest BCUT2D eigenvalue weighted by Gasteiger charge is -1.80. The van der Waals surface area contributed by atoms with E-state index < -0.39 is 0 Å². The summed E-state index contributed by atoms with van der Waals surface area (Å²) in [5.41, 5.74) is 0. The minimum Gasteiger partial charge on any atom is -0.394 e. The number of nitrogens with two attached hydrogens (primary N) is 1. The molecule has 0 amide bonds. The second kappa shape index (κ2) is 15.9. The van der Waals surface area contributed by atoms with Crippen LogP contribution in [0.4, 0.5) is 0 Å². The molecule has 0 aromatic carbocycles. The lowest BCUT2D eigenvalue weighted by molar-refractivity contribution is 0.215. The maximum absolute atomic E-state index is 8.06. The number of hydrogen-bond acceptors (Lipinski definition) is 4. The fraction of sp³-hybridized carbons (Fsp3) is 1.00. The molecule has 0 aliphatic rings. The van der Waals surface area contributed by atoms with E-state index in [4.69, 9.17) is 15.4 Å². The van der Waals surface area contributed by atoms with Crippen molar-refractivity contribution >= 4 is 0 Å². The topological polar surface area (TPSA) is 86.7 Å². The molecule has 0 bridgehead atoms. The SMILES string of the molecule is CC(C)O.CC(C)O.NO. The Morgan fingerprint density at radius 1 is 0.800 bits per heavy atom. The quantitative estimate of drug-likeness (QED) is 0.372. The summed E-state index contributed by atoms with van der Waals surface area (Å²) in [4.78, 5) is 0. The van der Waals surface area contributed by atoms with Gasteiger partial charge in [0.15, 0.2) is 0 Å². The van der Waals surface area contributed by atoms with E-state index in [9.17, 15) is 0 Å². The Bertz CT molecular complexity index is 28.5. The minimum atomic E-state index is -0.167. The van der Waals surface area contributed by atoms with Gasteiger partial charge in [0.1, 0.15) is 0 Å². The molecule has 0 heterocycles. The van der Waals surface area contributed by atoms with Crippen molar-refractivity contribution < 1.29 is 15.4 Å². The van der Waals surface area contributed by atoms with Crippen LogP contribution in [-0.4, -0.2) is 27.6 Å². The highest BCUT2D eigenvalue weighted by molar-refractivity contribution is 4.21. The van der Waals surface area contributed by atoms with Crippen LogP contribution >= 0.6 is 0 Å². The fourth-order valence-corrected chi connectivity index (χ4v) is 0. The lowest BCUT2D eigenvalue weighted by atomic mass is 10.5. The van der Waals surface area contributed by atoms with Gasteiger partial charge in [0.25, 0.3) is 0 Å². The van der Waals surface area contributed by atoms with E-state index in [-0.39, 0.29) is 12.2 Å². The van der Waals surface area contributed by atoms with Crippen molar-refractivity contribution in [1.82, 2.24) is 0 Å². The van der Waals surface area contributed by atoms with Crippen LogP contribution in [0.5, 0.6) is 0 Å². The van der Waals surface area contributed by atoms with Crippen LogP contribution in [-0.2, 0) is 0 Å². The van der Waals surface area contributed by atoms with Gasteiger partial charge in [-0.25, -0.2) is 5.90 Å². The summed E-state index contributed by atoms with van der Waals surface area (Å²) in [6, 6.07) is 0. The molecule has 0 rings (SSSR count). The van der Waals surface area contributed by atoms with Crippen molar-refractivity contribution in [2.24, 2.45) is 5.90 Å². The van der Waals surface area contributed by atoms with E-state index in [2.05, 4.69) is 5.90 Å². The fourth-order valence-electron chi connectivity index (χ4n) is 0. The van der Waals surface area contributed by atoms with Crippen molar-refractivity contribution in [2.75, 3.05) is 0 Å². The lowest BCUT2D eigenvalue weighted by Crippen LogP contribution is -1.85. The Kier molecular flexibility index (Phi) is 26.2. The molecule has 0 unspecified atom stereocenters. The average molecular weight is 153 g/mol.